The first-order valence-electron chi connectivity index (χ1n) is 7.52. The number of benzene rings is 1. The molecule has 1 aromatic rings. The molecule has 5 nitrogen and oxygen atoms in total. The van der Waals surface area contributed by atoms with Crippen LogP contribution < -0.4 is 5.32 Å². The van der Waals surface area contributed by atoms with Gasteiger partial charge < -0.3 is 10.1 Å². The minimum absolute atomic E-state index is 0.0474. The van der Waals surface area contributed by atoms with Crippen molar-refractivity contribution in [2.24, 2.45) is 0 Å². The van der Waals surface area contributed by atoms with Gasteiger partial charge in [0.25, 0.3) is 0 Å². The molecule has 5 heteroatoms. The lowest BCUT2D eigenvalue weighted by atomic mass is 9.95. The maximum absolute atomic E-state index is 12.4. The third kappa shape index (κ3) is 3.01. The number of amides is 2. The summed E-state index contributed by atoms with van der Waals surface area (Å²) in [6.45, 7) is 0.889. The van der Waals surface area contributed by atoms with Crippen molar-refractivity contribution in [3.05, 3.63) is 35.9 Å². The molecule has 0 saturated carbocycles. The summed E-state index contributed by atoms with van der Waals surface area (Å²) in [5.41, 5.74) is 0.954. The van der Waals surface area contributed by atoms with Crippen LogP contribution in [0.15, 0.2) is 30.3 Å². The standard InChI is InChI=1S/C16H20N2O3/c19-15-14-8-4-7-13(9-10-17-15)18(14)16(20)21-11-12-5-2-1-3-6-12/h1-3,5-6,13-14H,4,7-11H2,(H,17,19)/t13-,14+/m1/s1. The van der Waals surface area contributed by atoms with Crippen molar-refractivity contribution in [3.63, 3.8) is 0 Å². The van der Waals surface area contributed by atoms with Crippen molar-refractivity contribution in [1.29, 1.82) is 0 Å². The molecule has 0 spiro atoms. The average Bonchev–Trinajstić information content (AvgIpc) is 2.61. The van der Waals surface area contributed by atoms with E-state index in [1.807, 2.05) is 30.3 Å². The number of piperidine rings is 1. The number of nitrogens with one attached hydrogen (secondary N) is 1. The zero-order valence-electron chi connectivity index (χ0n) is 12.0. The summed E-state index contributed by atoms with van der Waals surface area (Å²) in [5, 5.41) is 2.89. The van der Waals surface area contributed by atoms with Crippen molar-refractivity contribution < 1.29 is 14.3 Å². The minimum atomic E-state index is -0.370. The van der Waals surface area contributed by atoms with Crippen LogP contribution in [-0.4, -0.2) is 35.5 Å². The first-order chi connectivity index (χ1) is 10.3. The van der Waals surface area contributed by atoms with E-state index in [1.165, 1.54) is 0 Å². The molecule has 2 amide bonds. The van der Waals surface area contributed by atoms with Gasteiger partial charge in [0.15, 0.2) is 0 Å². The first kappa shape index (κ1) is 13.9. The number of hydrogen-bond donors (Lipinski definition) is 1. The molecular formula is C16H20N2O3. The summed E-state index contributed by atoms with van der Waals surface area (Å²) >= 11 is 0. The predicted octanol–water partition coefficient (Wildman–Crippen LogP) is 2.07. The van der Waals surface area contributed by atoms with Gasteiger partial charge in [-0.2, -0.15) is 0 Å². The molecule has 112 valence electrons. The third-order valence-corrected chi connectivity index (χ3v) is 4.24. The van der Waals surface area contributed by atoms with E-state index in [2.05, 4.69) is 5.32 Å². The molecule has 2 aliphatic heterocycles. The third-order valence-electron chi connectivity index (χ3n) is 4.24. The van der Waals surface area contributed by atoms with Crippen LogP contribution in [0.3, 0.4) is 0 Å². The second kappa shape index (κ2) is 6.16. The van der Waals surface area contributed by atoms with Crippen LogP contribution in [0.5, 0.6) is 0 Å². The summed E-state index contributed by atoms with van der Waals surface area (Å²) in [6, 6.07) is 9.34. The molecule has 0 aliphatic carbocycles. The van der Waals surface area contributed by atoms with Gasteiger partial charge >= 0.3 is 6.09 Å². The van der Waals surface area contributed by atoms with E-state index in [-0.39, 0.29) is 30.7 Å². The van der Waals surface area contributed by atoms with Gasteiger partial charge in [0, 0.05) is 12.6 Å². The van der Waals surface area contributed by atoms with Crippen LogP contribution in [0.1, 0.15) is 31.2 Å². The highest BCUT2D eigenvalue weighted by Gasteiger charge is 2.40. The molecular weight excluding hydrogens is 268 g/mol. The smallest absolute Gasteiger partial charge is 0.411 e. The molecule has 1 aromatic carbocycles. The highest BCUT2D eigenvalue weighted by molar-refractivity contribution is 5.86. The Kier molecular flexibility index (Phi) is 4.08. The van der Waals surface area contributed by atoms with Crippen molar-refractivity contribution in [1.82, 2.24) is 10.2 Å². The Labute approximate surface area is 124 Å². The largest absolute Gasteiger partial charge is 0.445 e. The van der Waals surface area contributed by atoms with E-state index in [1.54, 1.807) is 4.90 Å². The number of rotatable bonds is 2. The predicted molar refractivity (Wildman–Crippen MR) is 77.5 cm³/mol. The van der Waals surface area contributed by atoms with Crippen LogP contribution in [-0.2, 0) is 16.1 Å². The van der Waals surface area contributed by atoms with E-state index in [9.17, 15) is 9.59 Å². The molecule has 2 heterocycles. The summed E-state index contributed by atoms with van der Waals surface area (Å²) in [5.74, 6) is -0.0474. The Balaban J connectivity index is 1.68. The van der Waals surface area contributed by atoms with Gasteiger partial charge in [0.2, 0.25) is 5.91 Å². The van der Waals surface area contributed by atoms with Crippen LogP contribution >= 0.6 is 0 Å². The number of ether oxygens (including phenoxy) is 1. The zero-order chi connectivity index (χ0) is 14.7. The van der Waals surface area contributed by atoms with Gasteiger partial charge in [-0.1, -0.05) is 30.3 Å². The molecule has 3 rings (SSSR count). The van der Waals surface area contributed by atoms with Crippen LogP contribution in [0.4, 0.5) is 4.79 Å². The quantitative estimate of drug-likeness (QED) is 0.906. The summed E-state index contributed by atoms with van der Waals surface area (Å²) in [7, 11) is 0. The fourth-order valence-electron chi connectivity index (χ4n) is 3.17. The highest BCUT2D eigenvalue weighted by atomic mass is 16.6. The van der Waals surface area contributed by atoms with Gasteiger partial charge in [0.05, 0.1) is 0 Å². The fourth-order valence-corrected chi connectivity index (χ4v) is 3.17. The zero-order valence-corrected chi connectivity index (χ0v) is 12.0. The van der Waals surface area contributed by atoms with Crippen LogP contribution in [0.25, 0.3) is 0 Å². The fraction of sp³-hybridized carbons (Fsp3) is 0.500. The number of fused-ring (bicyclic) bond motifs is 2. The van der Waals surface area contributed by atoms with Gasteiger partial charge in [-0.15, -0.1) is 0 Å². The highest BCUT2D eigenvalue weighted by Crippen LogP contribution is 2.28. The van der Waals surface area contributed by atoms with Gasteiger partial charge in [-0.05, 0) is 31.2 Å². The summed E-state index contributed by atoms with van der Waals surface area (Å²) in [4.78, 5) is 26.1. The summed E-state index contributed by atoms with van der Waals surface area (Å²) in [6.07, 6.45) is 3.10. The van der Waals surface area contributed by atoms with Crippen molar-refractivity contribution in [2.75, 3.05) is 6.54 Å². The van der Waals surface area contributed by atoms with Gasteiger partial charge in [-0.3, -0.25) is 9.69 Å². The number of hydrogen-bond acceptors (Lipinski definition) is 3. The lowest BCUT2D eigenvalue weighted by Gasteiger charge is -2.38. The Hall–Kier alpha value is -2.04. The molecule has 0 radical (unpaired) electrons. The molecule has 2 atom stereocenters. The second-order valence-electron chi connectivity index (χ2n) is 5.63. The molecule has 0 unspecified atom stereocenters. The van der Waals surface area contributed by atoms with Crippen LogP contribution in [0.2, 0.25) is 0 Å². The number of carbonyl (C=O) groups excluding carboxylic acids is 2. The van der Waals surface area contributed by atoms with Crippen LogP contribution in [0, 0.1) is 0 Å². The topological polar surface area (TPSA) is 58.6 Å². The Morgan fingerprint density at radius 3 is 2.86 bits per heavy atom. The van der Waals surface area contributed by atoms with E-state index >= 15 is 0 Å². The second-order valence-corrected chi connectivity index (χ2v) is 5.63. The van der Waals surface area contributed by atoms with E-state index < -0.39 is 0 Å². The molecule has 2 bridgehead atoms. The normalized spacial score (nSPS) is 25.0. The number of carbonyl (C=O) groups is 2. The van der Waals surface area contributed by atoms with E-state index in [4.69, 9.17) is 4.74 Å². The lowest BCUT2D eigenvalue weighted by molar-refractivity contribution is -0.126. The van der Waals surface area contributed by atoms with Crippen molar-refractivity contribution in [2.45, 2.75) is 44.4 Å². The van der Waals surface area contributed by atoms with E-state index in [0.29, 0.717) is 6.54 Å². The molecule has 2 fully saturated rings. The molecule has 2 aliphatic rings. The SMILES string of the molecule is O=C1NCC[C@H]2CCC[C@@H]1N2C(=O)OCc1ccccc1. The Morgan fingerprint density at radius 1 is 1.24 bits per heavy atom. The molecule has 1 N–H and O–H groups in total. The monoisotopic (exact) mass is 288 g/mol. The average molecular weight is 288 g/mol. The summed E-state index contributed by atoms with van der Waals surface area (Å²) < 4.78 is 5.41. The minimum Gasteiger partial charge on any atom is -0.445 e. The Bertz CT molecular complexity index is 518. The maximum Gasteiger partial charge on any atom is 0.411 e. The molecule has 21 heavy (non-hydrogen) atoms. The molecule has 2 saturated heterocycles. The first-order valence-corrected chi connectivity index (χ1v) is 7.52. The number of nitrogens with zero attached hydrogens (tertiary/aromatic N) is 1. The van der Waals surface area contributed by atoms with Gasteiger partial charge in [-0.25, -0.2) is 4.79 Å². The Morgan fingerprint density at radius 2 is 2.05 bits per heavy atom. The van der Waals surface area contributed by atoms with Gasteiger partial charge in [0.1, 0.15) is 12.6 Å². The van der Waals surface area contributed by atoms with Crippen molar-refractivity contribution in [3.8, 4) is 0 Å². The molecule has 0 aromatic heterocycles. The van der Waals surface area contributed by atoms with Crippen molar-refractivity contribution >= 4 is 12.0 Å². The maximum atomic E-state index is 12.4. The van der Waals surface area contributed by atoms with E-state index in [0.717, 1.165) is 31.2 Å². The lowest BCUT2D eigenvalue weighted by Crippen LogP contribution is -2.53.